The van der Waals surface area contributed by atoms with E-state index in [9.17, 15) is 19.1 Å². The zero-order valence-corrected chi connectivity index (χ0v) is 16.0. The summed E-state index contributed by atoms with van der Waals surface area (Å²) in [5.41, 5.74) is 0.820. The second-order valence-electron chi connectivity index (χ2n) is 7.26. The Morgan fingerprint density at radius 3 is 2.60 bits per heavy atom. The first-order valence-electron chi connectivity index (χ1n) is 9.56. The maximum atomic E-state index is 14.6. The molecule has 1 aliphatic heterocycles. The first-order valence-corrected chi connectivity index (χ1v) is 9.56. The predicted octanol–water partition coefficient (Wildman–Crippen LogP) is 3.22. The number of carbonyl (C=O) groups excluding carboxylic acids is 1. The number of amides is 1. The Morgan fingerprint density at radius 1 is 1.07 bits per heavy atom. The van der Waals surface area contributed by atoms with Gasteiger partial charge in [0.2, 0.25) is 0 Å². The van der Waals surface area contributed by atoms with Crippen LogP contribution in [0.5, 0.6) is 0 Å². The van der Waals surface area contributed by atoms with Crippen LogP contribution in [0.25, 0.3) is 21.9 Å². The molecule has 1 saturated heterocycles. The lowest BCUT2D eigenvalue weighted by Crippen LogP contribution is -2.48. The van der Waals surface area contributed by atoms with Crippen LogP contribution in [0.15, 0.2) is 54.6 Å². The number of aromatic carboxylic acids is 1. The highest BCUT2D eigenvalue weighted by molar-refractivity contribution is 5.99. The van der Waals surface area contributed by atoms with E-state index in [-0.39, 0.29) is 29.7 Å². The molecule has 0 aromatic heterocycles. The minimum Gasteiger partial charge on any atom is -0.478 e. The zero-order chi connectivity index (χ0) is 21.3. The Bertz CT molecular complexity index is 1130. The zero-order valence-electron chi connectivity index (χ0n) is 16.0. The summed E-state index contributed by atoms with van der Waals surface area (Å²) < 4.78 is 19.7. The number of aliphatic hydroxyl groups excluding tert-OH is 1. The summed E-state index contributed by atoms with van der Waals surface area (Å²) >= 11 is 0. The van der Waals surface area contributed by atoms with Crippen LogP contribution in [0, 0.1) is 5.82 Å². The number of carbonyl (C=O) groups is 2. The van der Waals surface area contributed by atoms with Gasteiger partial charge in [0.05, 0.1) is 24.3 Å². The van der Waals surface area contributed by atoms with Gasteiger partial charge in [-0.15, -0.1) is 0 Å². The Balaban J connectivity index is 1.61. The second kappa shape index (κ2) is 8.22. The van der Waals surface area contributed by atoms with Crippen molar-refractivity contribution in [2.45, 2.75) is 18.6 Å². The Labute approximate surface area is 171 Å². The maximum Gasteiger partial charge on any atom is 0.338 e. The molecule has 0 aliphatic carbocycles. The van der Waals surface area contributed by atoms with Crippen molar-refractivity contribution in [1.82, 2.24) is 5.32 Å². The molecule has 3 N–H and O–H groups in total. The highest BCUT2D eigenvalue weighted by atomic mass is 19.1. The maximum absolute atomic E-state index is 14.6. The second-order valence-corrected chi connectivity index (χ2v) is 7.26. The molecule has 0 bridgehead atoms. The van der Waals surface area contributed by atoms with Gasteiger partial charge in [-0.05, 0) is 47.0 Å². The molecule has 7 heteroatoms. The van der Waals surface area contributed by atoms with Crippen LogP contribution < -0.4 is 5.32 Å². The van der Waals surface area contributed by atoms with E-state index in [2.05, 4.69) is 5.32 Å². The topological polar surface area (TPSA) is 95.9 Å². The summed E-state index contributed by atoms with van der Waals surface area (Å²) in [5.74, 6) is -2.39. The molecule has 1 aliphatic rings. The largest absolute Gasteiger partial charge is 0.478 e. The van der Waals surface area contributed by atoms with Crippen LogP contribution in [0.2, 0.25) is 0 Å². The van der Waals surface area contributed by atoms with Crippen molar-refractivity contribution < 1.29 is 28.9 Å². The number of aliphatic hydroxyl groups is 1. The molecule has 1 heterocycles. The summed E-state index contributed by atoms with van der Waals surface area (Å²) in [5, 5.41) is 23.5. The molecule has 0 unspecified atom stereocenters. The van der Waals surface area contributed by atoms with Crippen molar-refractivity contribution in [2.24, 2.45) is 0 Å². The third-order valence-corrected chi connectivity index (χ3v) is 5.29. The third kappa shape index (κ3) is 3.90. The number of ether oxygens (including phenoxy) is 1. The number of carboxylic acid groups (broad SMARTS) is 1. The van der Waals surface area contributed by atoms with Gasteiger partial charge in [-0.25, -0.2) is 9.18 Å². The fourth-order valence-electron chi connectivity index (χ4n) is 3.62. The van der Waals surface area contributed by atoms with Gasteiger partial charge in [-0.1, -0.05) is 30.3 Å². The van der Waals surface area contributed by atoms with Gasteiger partial charge in [0.1, 0.15) is 5.82 Å². The number of benzene rings is 3. The van der Waals surface area contributed by atoms with Crippen LogP contribution in [-0.4, -0.2) is 47.4 Å². The van der Waals surface area contributed by atoms with Crippen molar-refractivity contribution >= 4 is 22.6 Å². The van der Waals surface area contributed by atoms with E-state index in [1.54, 1.807) is 36.4 Å². The summed E-state index contributed by atoms with van der Waals surface area (Å²) in [7, 11) is 0. The highest BCUT2D eigenvalue weighted by Gasteiger charge is 2.25. The number of halogens is 1. The predicted molar refractivity (Wildman–Crippen MR) is 109 cm³/mol. The quantitative estimate of drug-likeness (QED) is 0.615. The normalized spacial score (nSPS) is 18.9. The lowest BCUT2D eigenvalue weighted by atomic mass is 9.98. The summed E-state index contributed by atoms with van der Waals surface area (Å²) in [6, 6.07) is 14.3. The van der Waals surface area contributed by atoms with E-state index >= 15 is 0 Å². The summed E-state index contributed by atoms with van der Waals surface area (Å²) in [6.45, 7) is 0.688. The highest BCUT2D eigenvalue weighted by Crippen LogP contribution is 2.29. The van der Waals surface area contributed by atoms with Crippen molar-refractivity contribution in [3.63, 3.8) is 0 Å². The number of rotatable bonds is 4. The van der Waals surface area contributed by atoms with E-state index in [4.69, 9.17) is 9.84 Å². The van der Waals surface area contributed by atoms with Crippen molar-refractivity contribution in [3.05, 3.63) is 71.5 Å². The molecule has 0 radical (unpaired) electrons. The van der Waals surface area contributed by atoms with Crippen molar-refractivity contribution in [2.75, 3.05) is 13.2 Å². The fourth-order valence-corrected chi connectivity index (χ4v) is 3.62. The molecular formula is C23H20FNO5. The molecule has 0 saturated carbocycles. The molecular weight excluding hydrogens is 389 g/mol. The SMILES string of the molecule is O=C(N[C@H]1CCOC[C@@H]1O)c1ccc2cc(-c3cccc(C(=O)O)c3F)ccc2c1. The fraction of sp³-hybridized carbons (Fsp3) is 0.217. The van der Waals surface area contributed by atoms with Gasteiger partial charge in [-0.3, -0.25) is 4.79 Å². The van der Waals surface area contributed by atoms with Gasteiger partial charge in [0, 0.05) is 17.7 Å². The minimum absolute atomic E-state index is 0.199. The number of nitrogens with one attached hydrogen (secondary N) is 1. The molecule has 2 atom stereocenters. The van der Waals surface area contributed by atoms with E-state index < -0.39 is 17.9 Å². The Morgan fingerprint density at radius 2 is 1.83 bits per heavy atom. The minimum atomic E-state index is -1.32. The molecule has 30 heavy (non-hydrogen) atoms. The average molecular weight is 409 g/mol. The first kappa shape index (κ1) is 20.0. The monoisotopic (exact) mass is 409 g/mol. The van der Waals surface area contributed by atoms with Crippen LogP contribution in [0.3, 0.4) is 0 Å². The lowest BCUT2D eigenvalue weighted by molar-refractivity contribution is -0.0260. The van der Waals surface area contributed by atoms with Gasteiger partial charge in [0.25, 0.3) is 5.91 Å². The van der Waals surface area contributed by atoms with Crippen LogP contribution in [-0.2, 0) is 4.74 Å². The first-order chi connectivity index (χ1) is 14.4. The molecule has 3 aromatic rings. The smallest absolute Gasteiger partial charge is 0.338 e. The molecule has 3 aromatic carbocycles. The number of hydrogen-bond acceptors (Lipinski definition) is 4. The van der Waals surface area contributed by atoms with E-state index in [1.165, 1.54) is 18.2 Å². The van der Waals surface area contributed by atoms with Gasteiger partial charge < -0.3 is 20.3 Å². The van der Waals surface area contributed by atoms with Crippen LogP contribution in [0.4, 0.5) is 4.39 Å². The van der Waals surface area contributed by atoms with Crippen molar-refractivity contribution in [1.29, 1.82) is 0 Å². The van der Waals surface area contributed by atoms with Gasteiger partial charge in [0.15, 0.2) is 0 Å². The lowest BCUT2D eigenvalue weighted by Gasteiger charge is -2.28. The van der Waals surface area contributed by atoms with Gasteiger partial charge >= 0.3 is 5.97 Å². The van der Waals surface area contributed by atoms with E-state index in [0.29, 0.717) is 24.2 Å². The summed E-state index contributed by atoms with van der Waals surface area (Å²) in [4.78, 5) is 23.7. The molecule has 4 rings (SSSR count). The summed E-state index contributed by atoms with van der Waals surface area (Å²) in [6.07, 6.45) is -0.188. The molecule has 1 fully saturated rings. The third-order valence-electron chi connectivity index (χ3n) is 5.29. The standard InChI is InChI=1S/C23H20FNO5/c24-21-17(2-1-3-18(21)23(28)29)15-6-4-14-11-16(7-5-13(14)10-15)22(27)25-19-8-9-30-12-20(19)26/h1-7,10-11,19-20,26H,8-9,12H2,(H,25,27)(H,28,29)/t19-,20-/m0/s1. The number of fused-ring (bicyclic) bond motifs is 1. The number of carboxylic acids is 1. The van der Waals surface area contributed by atoms with Crippen molar-refractivity contribution in [3.8, 4) is 11.1 Å². The molecule has 1 amide bonds. The van der Waals surface area contributed by atoms with Crippen LogP contribution in [0.1, 0.15) is 27.1 Å². The van der Waals surface area contributed by atoms with Crippen LogP contribution >= 0.6 is 0 Å². The average Bonchev–Trinajstić information content (AvgIpc) is 2.74. The number of hydrogen-bond donors (Lipinski definition) is 3. The van der Waals surface area contributed by atoms with E-state index in [0.717, 1.165) is 10.8 Å². The van der Waals surface area contributed by atoms with Gasteiger partial charge in [-0.2, -0.15) is 0 Å². The molecule has 6 nitrogen and oxygen atoms in total. The Kier molecular flexibility index (Phi) is 5.48. The molecule has 0 spiro atoms. The van der Waals surface area contributed by atoms with E-state index in [1.807, 2.05) is 0 Å². The Hall–Kier alpha value is -3.29. The molecule has 154 valence electrons.